The quantitative estimate of drug-likeness (QED) is 0.534. The summed E-state index contributed by atoms with van der Waals surface area (Å²) in [4.78, 5) is 33.2. The molecular formula is C19H18O8. The molecule has 142 valence electrons. The fourth-order valence-electron chi connectivity index (χ4n) is 2.22. The van der Waals surface area contributed by atoms with Crippen LogP contribution in [0.2, 0.25) is 0 Å². The highest BCUT2D eigenvalue weighted by molar-refractivity contribution is 5.71. The molecule has 0 aromatic heterocycles. The minimum Gasteiger partial charge on any atom is -0.481 e. The molecule has 0 unspecified atom stereocenters. The first-order chi connectivity index (χ1) is 12.9. The lowest BCUT2D eigenvalue weighted by Gasteiger charge is -2.13. The molecule has 0 saturated carbocycles. The van der Waals surface area contributed by atoms with E-state index in [2.05, 4.69) is 0 Å². The molecular weight excluding hydrogens is 356 g/mol. The van der Waals surface area contributed by atoms with Crippen molar-refractivity contribution in [2.45, 2.75) is 19.8 Å². The molecule has 27 heavy (non-hydrogen) atoms. The van der Waals surface area contributed by atoms with Crippen LogP contribution in [0.1, 0.15) is 18.1 Å². The molecule has 0 radical (unpaired) electrons. The summed E-state index contributed by atoms with van der Waals surface area (Å²) >= 11 is 0. The SMILES string of the molecule is CCOC(=O)Oc1ccc(CC(=O)O)cc1Oc1ccc(CC(=O)O)cc1. The zero-order valence-corrected chi connectivity index (χ0v) is 14.5. The van der Waals surface area contributed by atoms with Gasteiger partial charge in [0.05, 0.1) is 19.4 Å². The molecule has 2 rings (SSSR count). The standard InChI is InChI=1S/C19H18O8/c1-2-25-19(24)27-15-8-5-13(11-18(22)23)9-16(15)26-14-6-3-12(4-7-14)10-17(20)21/h3-9H,2,10-11H2,1H3,(H,20,21)(H,22,23). The third-order valence-corrected chi connectivity index (χ3v) is 3.33. The first-order valence-corrected chi connectivity index (χ1v) is 8.05. The van der Waals surface area contributed by atoms with Crippen LogP contribution in [0.4, 0.5) is 4.79 Å². The minimum absolute atomic E-state index is 0.0669. The van der Waals surface area contributed by atoms with E-state index in [1.165, 1.54) is 18.2 Å². The smallest absolute Gasteiger partial charge is 0.481 e. The van der Waals surface area contributed by atoms with E-state index in [0.717, 1.165) is 0 Å². The van der Waals surface area contributed by atoms with Crippen molar-refractivity contribution in [1.82, 2.24) is 0 Å². The van der Waals surface area contributed by atoms with Gasteiger partial charge >= 0.3 is 18.1 Å². The van der Waals surface area contributed by atoms with Crippen LogP contribution in [-0.4, -0.2) is 34.9 Å². The van der Waals surface area contributed by atoms with Gasteiger partial charge in [0.15, 0.2) is 11.5 Å². The van der Waals surface area contributed by atoms with Gasteiger partial charge in [-0.25, -0.2) is 4.79 Å². The van der Waals surface area contributed by atoms with E-state index in [1.54, 1.807) is 31.2 Å². The number of aliphatic carboxylic acids is 2. The second-order valence-corrected chi connectivity index (χ2v) is 5.45. The van der Waals surface area contributed by atoms with Gasteiger partial charge in [0, 0.05) is 0 Å². The van der Waals surface area contributed by atoms with Gasteiger partial charge in [0.2, 0.25) is 0 Å². The van der Waals surface area contributed by atoms with Crippen molar-refractivity contribution in [3.63, 3.8) is 0 Å². The van der Waals surface area contributed by atoms with E-state index in [-0.39, 0.29) is 30.9 Å². The zero-order chi connectivity index (χ0) is 19.8. The molecule has 0 aliphatic carbocycles. The van der Waals surface area contributed by atoms with Crippen molar-refractivity contribution in [3.8, 4) is 17.2 Å². The fourth-order valence-corrected chi connectivity index (χ4v) is 2.22. The van der Waals surface area contributed by atoms with Gasteiger partial charge < -0.3 is 24.4 Å². The Balaban J connectivity index is 2.25. The molecule has 0 atom stereocenters. The predicted molar refractivity (Wildman–Crippen MR) is 93.3 cm³/mol. The molecule has 8 heteroatoms. The van der Waals surface area contributed by atoms with Crippen LogP contribution >= 0.6 is 0 Å². The van der Waals surface area contributed by atoms with Crippen molar-refractivity contribution < 1.29 is 38.8 Å². The van der Waals surface area contributed by atoms with Gasteiger partial charge in [-0.2, -0.15) is 0 Å². The predicted octanol–water partition coefficient (Wildman–Crippen LogP) is 3.27. The highest BCUT2D eigenvalue weighted by Crippen LogP contribution is 2.33. The first-order valence-electron chi connectivity index (χ1n) is 8.05. The number of benzene rings is 2. The fraction of sp³-hybridized carbons (Fsp3) is 0.211. The number of carboxylic acid groups (broad SMARTS) is 2. The Labute approximate surface area is 154 Å². The Morgan fingerprint density at radius 2 is 1.44 bits per heavy atom. The number of carboxylic acids is 2. The van der Waals surface area contributed by atoms with Crippen LogP contribution in [0.3, 0.4) is 0 Å². The highest BCUT2D eigenvalue weighted by atomic mass is 16.7. The number of hydrogen-bond acceptors (Lipinski definition) is 6. The monoisotopic (exact) mass is 374 g/mol. The second kappa shape index (κ2) is 9.23. The number of carbonyl (C=O) groups is 3. The van der Waals surface area contributed by atoms with Gasteiger partial charge in [0.1, 0.15) is 5.75 Å². The summed E-state index contributed by atoms with van der Waals surface area (Å²) in [6.45, 7) is 1.77. The van der Waals surface area contributed by atoms with Gasteiger partial charge in [-0.15, -0.1) is 0 Å². The van der Waals surface area contributed by atoms with Crippen LogP contribution in [0.15, 0.2) is 42.5 Å². The number of ether oxygens (including phenoxy) is 3. The molecule has 0 amide bonds. The lowest BCUT2D eigenvalue weighted by molar-refractivity contribution is -0.137. The largest absolute Gasteiger partial charge is 0.513 e. The maximum Gasteiger partial charge on any atom is 0.513 e. The summed E-state index contributed by atoms with van der Waals surface area (Å²) in [5, 5.41) is 17.7. The summed E-state index contributed by atoms with van der Waals surface area (Å²) < 4.78 is 15.5. The Bertz CT molecular complexity index is 826. The molecule has 8 nitrogen and oxygen atoms in total. The van der Waals surface area contributed by atoms with Gasteiger partial charge in [0.25, 0.3) is 0 Å². The maximum atomic E-state index is 11.6. The third-order valence-electron chi connectivity index (χ3n) is 3.33. The first kappa shape index (κ1) is 19.8. The molecule has 2 aromatic rings. The van der Waals surface area contributed by atoms with Gasteiger partial charge in [-0.3, -0.25) is 9.59 Å². The van der Waals surface area contributed by atoms with Crippen LogP contribution in [0.25, 0.3) is 0 Å². The summed E-state index contributed by atoms with van der Waals surface area (Å²) in [5.41, 5.74) is 1.05. The molecule has 0 fully saturated rings. The molecule has 0 bridgehead atoms. The lowest BCUT2D eigenvalue weighted by Crippen LogP contribution is -2.11. The van der Waals surface area contributed by atoms with Crippen LogP contribution in [0.5, 0.6) is 17.2 Å². The Morgan fingerprint density at radius 1 is 0.852 bits per heavy atom. The minimum atomic E-state index is -1.02. The summed E-state index contributed by atoms with van der Waals surface area (Å²) in [6.07, 6.45) is -1.26. The molecule has 2 aromatic carbocycles. The van der Waals surface area contributed by atoms with Crippen LogP contribution in [-0.2, 0) is 27.2 Å². The lowest BCUT2D eigenvalue weighted by atomic mass is 10.1. The van der Waals surface area contributed by atoms with Crippen molar-refractivity contribution >= 4 is 18.1 Å². The molecule has 0 heterocycles. The topological polar surface area (TPSA) is 119 Å². The molecule has 2 N–H and O–H groups in total. The van der Waals surface area contributed by atoms with Crippen LogP contribution < -0.4 is 9.47 Å². The van der Waals surface area contributed by atoms with Gasteiger partial charge in [-0.05, 0) is 42.3 Å². The highest BCUT2D eigenvalue weighted by Gasteiger charge is 2.14. The van der Waals surface area contributed by atoms with E-state index >= 15 is 0 Å². The second-order valence-electron chi connectivity index (χ2n) is 5.45. The summed E-state index contributed by atoms with van der Waals surface area (Å²) in [6, 6.07) is 10.7. The Hall–Kier alpha value is -3.55. The van der Waals surface area contributed by atoms with E-state index < -0.39 is 18.1 Å². The van der Waals surface area contributed by atoms with Crippen molar-refractivity contribution in [2.24, 2.45) is 0 Å². The molecule has 0 aliphatic heterocycles. The van der Waals surface area contributed by atoms with E-state index in [9.17, 15) is 14.4 Å². The van der Waals surface area contributed by atoms with Crippen molar-refractivity contribution in [1.29, 1.82) is 0 Å². The maximum absolute atomic E-state index is 11.6. The number of rotatable bonds is 8. The third kappa shape index (κ3) is 6.35. The summed E-state index contributed by atoms with van der Waals surface area (Å²) in [7, 11) is 0. The van der Waals surface area contributed by atoms with Crippen molar-refractivity contribution in [3.05, 3.63) is 53.6 Å². The zero-order valence-electron chi connectivity index (χ0n) is 14.5. The number of carbonyl (C=O) groups excluding carboxylic acids is 1. The molecule has 0 saturated heterocycles. The Kier molecular flexibility index (Phi) is 6.76. The number of hydrogen-bond donors (Lipinski definition) is 2. The summed E-state index contributed by atoms with van der Waals surface area (Å²) in [5.74, 6) is -1.40. The van der Waals surface area contributed by atoms with E-state index in [1.807, 2.05) is 0 Å². The van der Waals surface area contributed by atoms with Crippen LogP contribution in [0, 0.1) is 0 Å². The van der Waals surface area contributed by atoms with E-state index in [0.29, 0.717) is 16.9 Å². The molecule has 0 spiro atoms. The molecule has 0 aliphatic rings. The van der Waals surface area contributed by atoms with E-state index in [4.69, 9.17) is 24.4 Å². The average Bonchev–Trinajstić information content (AvgIpc) is 2.58. The Morgan fingerprint density at radius 3 is 2.04 bits per heavy atom. The van der Waals surface area contributed by atoms with Crippen molar-refractivity contribution in [2.75, 3.05) is 6.61 Å². The average molecular weight is 374 g/mol. The van der Waals surface area contributed by atoms with Gasteiger partial charge in [-0.1, -0.05) is 18.2 Å². The normalized spacial score (nSPS) is 10.1.